The molecular formula is C21H31ClN2O4. The molecule has 7 heteroatoms. The number of hydrogen-bond acceptors (Lipinski definition) is 4. The molecule has 2 saturated heterocycles. The molecule has 2 fully saturated rings. The molecule has 3 rings (SSSR count). The Hall–Kier alpha value is -1.50. The highest BCUT2D eigenvalue weighted by Crippen LogP contribution is 2.40. The van der Waals surface area contributed by atoms with Crippen LogP contribution in [-0.2, 0) is 14.9 Å². The largest absolute Gasteiger partial charge is 0.496 e. The number of morpholine rings is 1. The third kappa shape index (κ3) is 4.73. The van der Waals surface area contributed by atoms with E-state index in [0.29, 0.717) is 37.9 Å². The van der Waals surface area contributed by atoms with Gasteiger partial charge in [-0.1, -0.05) is 11.6 Å². The van der Waals surface area contributed by atoms with Gasteiger partial charge in [0.25, 0.3) is 0 Å². The number of benzene rings is 1. The molecule has 0 spiro atoms. The molecule has 0 aliphatic carbocycles. The molecule has 1 aromatic rings. The molecular weight excluding hydrogens is 380 g/mol. The average Bonchev–Trinajstić information content (AvgIpc) is 2.65. The highest BCUT2D eigenvalue weighted by molar-refractivity contribution is 6.30. The van der Waals surface area contributed by atoms with E-state index in [1.165, 1.54) is 0 Å². The number of nitrogens with zero attached hydrogens (tertiary/aromatic N) is 1. The fourth-order valence-corrected chi connectivity index (χ4v) is 4.54. The molecule has 0 saturated carbocycles. The molecule has 156 valence electrons. The van der Waals surface area contributed by atoms with Crippen LogP contribution in [0.5, 0.6) is 5.75 Å². The molecule has 1 aromatic carbocycles. The minimum Gasteiger partial charge on any atom is -0.496 e. The van der Waals surface area contributed by atoms with E-state index in [2.05, 4.69) is 5.32 Å². The van der Waals surface area contributed by atoms with E-state index >= 15 is 0 Å². The summed E-state index contributed by atoms with van der Waals surface area (Å²) in [5, 5.41) is 3.83. The lowest BCUT2D eigenvalue weighted by molar-refractivity contribution is -0.117. The van der Waals surface area contributed by atoms with Crippen LogP contribution in [0, 0.1) is 0 Å². The Morgan fingerprint density at radius 2 is 2.07 bits per heavy atom. The number of ether oxygens (including phenoxy) is 3. The molecule has 2 aliphatic rings. The Bertz CT molecular complexity index is 704. The van der Waals surface area contributed by atoms with Crippen molar-refractivity contribution in [2.24, 2.45) is 0 Å². The van der Waals surface area contributed by atoms with Gasteiger partial charge < -0.3 is 24.4 Å². The van der Waals surface area contributed by atoms with Crippen LogP contribution in [-0.4, -0.2) is 62.6 Å². The lowest BCUT2D eigenvalue weighted by Gasteiger charge is -2.43. The second-order valence-corrected chi connectivity index (χ2v) is 8.90. The van der Waals surface area contributed by atoms with Crippen molar-refractivity contribution in [3.63, 3.8) is 0 Å². The first-order valence-corrected chi connectivity index (χ1v) is 10.2. The second-order valence-electron chi connectivity index (χ2n) is 8.46. The van der Waals surface area contributed by atoms with Crippen molar-refractivity contribution in [2.45, 2.75) is 50.7 Å². The lowest BCUT2D eigenvalue weighted by Crippen LogP contribution is -2.57. The molecule has 6 nitrogen and oxygen atoms in total. The van der Waals surface area contributed by atoms with E-state index in [4.69, 9.17) is 25.8 Å². The molecule has 2 amide bonds. The first kappa shape index (κ1) is 21.2. The van der Waals surface area contributed by atoms with Gasteiger partial charge in [-0.25, -0.2) is 4.79 Å². The van der Waals surface area contributed by atoms with E-state index < -0.39 is 0 Å². The van der Waals surface area contributed by atoms with Crippen LogP contribution in [0.15, 0.2) is 18.2 Å². The van der Waals surface area contributed by atoms with Crippen molar-refractivity contribution in [1.29, 1.82) is 0 Å². The van der Waals surface area contributed by atoms with Gasteiger partial charge in [0.2, 0.25) is 0 Å². The van der Waals surface area contributed by atoms with Crippen LogP contribution >= 0.6 is 11.6 Å². The Morgan fingerprint density at radius 1 is 1.36 bits per heavy atom. The zero-order chi connectivity index (χ0) is 20.4. The van der Waals surface area contributed by atoms with E-state index in [9.17, 15) is 4.79 Å². The van der Waals surface area contributed by atoms with E-state index in [0.717, 1.165) is 24.2 Å². The van der Waals surface area contributed by atoms with Crippen molar-refractivity contribution in [1.82, 2.24) is 10.2 Å². The lowest BCUT2D eigenvalue weighted by atomic mass is 9.73. The van der Waals surface area contributed by atoms with Crippen molar-refractivity contribution >= 4 is 17.6 Å². The molecule has 0 bridgehead atoms. The van der Waals surface area contributed by atoms with Crippen LogP contribution in [0.25, 0.3) is 0 Å². The van der Waals surface area contributed by atoms with Gasteiger partial charge in [-0.05, 0) is 51.8 Å². The molecule has 0 aromatic heterocycles. The molecule has 28 heavy (non-hydrogen) atoms. The highest BCUT2D eigenvalue weighted by atomic mass is 35.5. The van der Waals surface area contributed by atoms with E-state index in [1.807, 2.05) is 43.9 Å². The SMILES string of the molecule is COc1ccc(Cl)cc1C1(CNC(=O)N2C[C@H](C)OC(C)(C)C2)CCOCC1. The number of carbonyl (C=O) groups excluding carboxylic acids is 1. The normalized spacial score (nSPS) is 23.9. The zero-order valence-electron chi connectivity index (χ0n) is 17.2. The Morgan fingerprint density at radius 3 is 2.71 bits per heavy atom. The number of methoxy groups -OCH3 is 1. The van der Waals surface area contributed by atoms with Crippen molar-refractivity contribution in [3.8, 4) is 5.75 Å². The van der Waals surface area contributed by atoms with Gasteiger partial charge in [0.15, 0.2) is 0 Å². The number of carbonyl (C=O) groups is 1. The van der Waals surface area contributed by atoms with Gasteiger partial charge in [0, 0.05) is 42.3 Å². The number of amides is 2. The van der Waals surface area contributed by atoms with Crippen molar-refractivity contribution in [2.75, 3.05) is 40.0 Å². The third-order valence-electron chi connectivity index (χ3n) is 5.62. The highest BCUT2D eigenvalue weighted by Gasteiger charge is 2.39. The summed E-state index contributed by atoms with van der Waals surface area (Å²) in [5.41, 5.74) is 0.417. The summed E-state index contributed by atoms with van der Waals surface area (Å²) < 4.78 is 17.1. The Kier molecular flexibility index (Phi) is 6.42. The van der Waals surface area contributed by atoms with Gasteiger partial charge in [0.05, 0.1) is 25.4 Å². The summed E-state index contributed by atoms with van der Waals surface area (Å²) in [4.78, 5) is 14.8. The maximum Gasteiger partial charge on any atom is 0.317 e. The second kappa shape index (κ2) is 8.47. The maximum atomic E-state index is 12.9. The number of urea groups is 1. The van der Waals surface area contributed by atoms with Gasteiger partial charge in [0.1, 0.15) is 5.75 Å². The molecule has 0 unspecified atom stereocenters. The van der Waals surface area contributed by atoms with Crippen LogP contribution < -0.4 is 10.1 Å². The van der Waals surface area contributed by atoms with Gasteiger partial charge in [-0.15, -0.1) is 0 Å². The minimum atomic E-state index is -0.346. The summed E-state index contributed by atoms with van der Waals surface area (Å²) in [6.45, 7) is 8.99. The van der Waals surface area contributed by atoms with E-state index in [-0.39, 0.29) is 23.2 Å². The molecule has 2 aliphatic heterocycles. The standard InChI is InChI=1S/C21H31ClN2O4/c1-15-12-24(14-20(2,3)28-15)19(25)23-13-21(7-9-27-10-8-21)17-11-16(22)5-6-18(17)26-4/h5-6,11,15H,7-10,12-14H2,1-4H3,(H,23,25)/t15-/m0/s1. The molecule has 0 radical (unpaired) electrons. The summed E-state index contributed by atoms with van der Waals surface area (Å²) >= 11 is 6.29. The third-order valence-corrected chi connectivity index (χ3v) is 5.85. The summed E-state index contributed by atoms with van der Waals surface area (Å²) in [7, 11) is 1.66. The first-order valence-electron chi connectivity index (χ1n) is 9.87. The first-order chi connectivity index (χ1) is 13.2. The van der Waals surface area contributed by atoms with Crippen LogP contribution in [0.2, 0.25) is 5.02 Å². The Labute approximate surface area is 172 Å². The van der Waals surface area contributed by atoms with Gasteiger partial charge in [-0.3, -0.25) is 0 Å². The minimum absolute atomic E-state index is 0.0135. The summed E-state index contributed by atoms with van der Waals surface area (Å²) in [6.07, 6.45) is 1.61. The van der Waals surface area contributed by atoms with Gasteiger partial charge in [-0.2, -0.15) is 0 Å². The van der Waals surface area contributed by atoms with Crippen LogP contribution in [0.4, 0.5) is 4.79 Å². The smallest absolute Gasteiger partial charge is 0.317 e. The van der Waals surface area contributed by atoms with Crippen molar-refractivity contribution in [3.05, 3.63) is 28.8 Å². The molecule has 2 heterocycles. The number of hydrogen-bond donors (Lipinski definition) is 1. The fourth-order valence-electron chi connectivity index (χ4n) is 4.36. The quantitative estimate of drug-likeness (QED) is 0.823. The monoisotopic (exact) mass is 410 g/mol. The fraction of sp³-hybridized carbons (Fsp3) is 0.667. The predicted octanol–water partition coefficient (Wildman–Crippen LogP) is 3.61. The maximum absolute atomic E-state index is 12.9. The number of halogens is 1. The molecule has 1 N–H and O–H groups in total. The zero-order valence-corrected chi connectivity index (χ0v) is 18.0. The van der Waals surface area contributed by atoms with Crippen LogP contribution in [0.3, 0.4) is 0 Å². The average molecular weight is 411 g/mol. The summed E-state index contributed by atoms with van der Waals surface area (Å²) in [6, 6.07) is 5.61. The number of rotatable bonds is 4. The predicted molar refractivity (Wildman–Crippen MR) is 109 cm³/mol. The van der Waals surface area contributed by atoms with Crippen LogP contribution in [0.1, 0.15) is 39.2 Å². The van der Waals surface area contributed by atoms with Gasteiger partial charge >= 0.3 is 6.03 Å². The number of nitrogens with one attached hydrogen (secondary N) is 1. The molecule has 1 atom stereocenters. The summed E-state index contributed by atoms with van der Waals surface area (Å²) in [5.74, 6) is 0.793. The van der Waals surface area contributed by atoms with Crippen molar-refractivity contribution < 1.29 is 19.0 Å². The topological polar surface area (TPSA) is 60.0 Å². The Balaban J connectivity index is 1.78. The van der Waals surface area contributed by atoms with E-state index in [1.54, 1.807) is 7.11 Å².